The minimum Gasteiger partial charge on any atom is -0.494 e. The number of nitrogen functional groups attached to an aromatic ring is 1. The van der Waals surface area contributed by atoms with Crippen LogP contribution in [0.1, 0.15) is 10.4 Å². The number of carbonyl (C=O) groups is 1. The number of hydrogen-bond donors (Lipinski definition) is 1. The van der Waals surface area contributed by atoms with Crippen LogP contribution in [0.4, 0.5) is 5.69 Å². The van der Waals surface area contributed by atoms with Crippen LogP contribution in [0.2, 0.25) is 0 Å². The van der Waals surface area contributed by atoms with Crippen LogP contribution < -0.4 is 10.5 Å². The maximum absolute atomic E-state index is 10.8. The molecule has 4 heteroatoms. The average molecular weight is 186 g/mol. The van der Waals surface area contributed by atoms with Gasteiger partial charge in [-0.25, -0.2) is 0 Å². The van der Waals surface area contributed by atoms with Crippen LogP contribution in [-0.2, 0) is 0 Å². The van der Waals surface area contributed by atoms with Crippen molar-refractivity contribution >= 4 is 22.5 Å². The number of carbonyl (C=O) groups excluding carboxylic acids is 1. The van der Waals surface area contributed by atoms with Crippen molar-refractivity contribution in [1.82, 2.24) is 0 Å². The van der Waals surface area contributed by atoms with Gasteiger partial charge in [-0.15, -0.1) is 0 Å². The van der Waals surface area contributed by atoms with E-state index in [1.54, 1.807) is 18.2 Å². The zero-order valence-corrected chi connectivity index (χ0v) is 7.26. The SMILES string of the molecule is COc1c(N)cccc1C(=O)Cl. The molecule has 1 aromatic carbocycles. The Labute approximate surface area is 75.1 Å². The summed E-state index contributed by atoms with van der Waals surface area (Å²) in [7, 11) is 1.44. The summed E-state index contributed by atoms with van der Waals surface area (Å²) < 4.78 is 4.91. The Morgan fingerprint density at radius 3 is 2.67 bits per heavy atom. The first kappa shape index (κ1) is 8.87. The number of benzene rings is 1. The van der Waals surface area contributed by atoms with Crippen LogP contribution in [0.5, 0.6) is 5.75 Å². The molecule has 0 fully saturated rings. The van der Waals surface area contributed by atoms with Crippen molar-refractivity contribution in [3.05, 3.63) is 23.8 Å². The Hall–Kier alpha value is -1.22. The zero-order chi connectivity index (χ0) is 9.14. The molecule has 12 heavy (non-hydrogen) atoms. The van der Waals surface area contributed by atoms with Gasteiger partial charge < -0.3 is 10.5 Å². The number of nitrogens with two attached hydrogens (primary N) is 1. The number of para-hydroxylation sites is 1. The number of hydrogen-bond acceptors (Lipinski definition) is 3. The summed E-state index contributed by atoms with van der Waals surface area (Å²) in [5, 5.41) is -0.570. The van der Waals surface area contributed by atoms with Crippen LogP contribution in [0, 0.1) is 0 Å². The van der Waals surface area contributed by atoms with Crippen molar-refractivity contribution < 1.29 is 9.53 Å². The third-order valence-electron chi connectivity index (χ3n) is 1.46. The lowest BCUT2D eigenvalue weighted by molar-refractivity contribution is 0.107. The molecule has 0 spiro atoms. The molecule has 0 unspecified atom stereocenters. The van der Waals surface area contributed by atoms with Crippen LogP contribution in [0.3, 0.4) is 0 Å². The van der Waals surface area contributed by atoms with Crippen molar-refractivity contribution in [2.24, 2.45) is 0 Å². The van der Waals surface area contributed by atoms with E-state index in [2.05, 4.69) is 0 Å². The molecular weight excluding hydrogens is 178 g/mol. The Morgan fingerprint density at radius 2 is 2.25 bits per heavy atom. The molecule has 3 nitrogen and oxygen atoms in total. The first-order valence-corrected chi connectivity index (χ1v) is 3.67. The lowest BCUT2D eigenvalue weighted by Crippen LogP contribution is -1.99. The van der Waals surface area contributed by atoms with E-state index in [0.29, 0.717) is 17.0 Å². The molecule has 0 aromatic heterocycles. The second kappa shape index (κ2) is 3.45. The van der Waals surface area contributed by atoms with Crippen LogP contribution >= 0.6 is 11.6 Å². The molecule has 0 aliphatic heterocycles. The number of anilines is 1. The molecule has 0 radical (unpaired) electrons. The molecule has 0 bridgehead atoms. The van der Waals surface area contributed by atoms with E-state index in [1.165, 1.54) is 7.11 Å². The molecule has 2 N–H and O–H groups in total. The van der Waals surface area contributed by atoms with Gasteiger partial charge in [-0.05, 0) is 23.7 Å². The first-order chi connectivity index (χ1) is 5.66. The Balaban J connectivity index is 3.27. The van der Waals surface area contributed by atoms with Gasteiger partial charge in [0, 0.05) is 0 Å². The summed E-state index contributed by atoms with van der Waals surface area (Å²) in [6.07, 6.45) is 0. The number of rotatable bonds is 2. The predicted molar refractivity (Wildman–Crippen MR) is 47.6 cm³/mol. The molecule has 0 aliphatic rings. The van der Waals surface area contributed by atoms with Crippen molar-refractivity contribution in [3.8, 4) is 5.75 Å². The van der Waals surface area contributed by atoms with Crippen LogP contribution in [0.25, 0.3) is 0 Å². The molecule has 0 aliphatic carbocycles. The Bertz CT molecular complexity index is 312. The highest BCUT2D eigenvalue weighted by atomic mass is 35.5. The van der Waals surface area contributed by atoms with E-state index in [1.807, 2.05) is 0 Å². The minimum atomic E-state index is -0.570. The fraction of sp³-hybridized carbons (Fsp3) is 0.125. The van der Waals surface area contributed by atoms with Gasteiger partial charge in [0.1, 0.15) is 0 Å². The molecule has 0 saturated heterocycles. The topological polar surface area (TPSA) is 52.3 Å². The molecule has 0 saturated carbocycles. The highest BCUT2D eigenvalue weighted by molar-refractivity contribution is 6.68. The molecule has 1 aromatic rings. The van der Waals surface area contributed by atoms with Crippen LogP contribution in [-0.4, -0.2) is 12.4 Å². The summed E-state index contributed by atoms with van der Waals surface area (Å²) in [5.74, 6) is 0.331. The largest absolute Gasteiger partial charge is 0.494 e. The van der Waals surface area contributed by atoms with Crippen molar-refractivity contribution in [1.29, 1.82) is 0 Å². The Morgan fingerprint density at radius 1 is 1.58 bits per heavy atom. The molecular formula is C8H8ClNO2. The molecule has 0 heterocycles. The van der Waals surface area contributed by atoms with E-state index in [4.69, 9.17) is 22.1 Å². The maximum Gasteiger partial charge on any atom is 0.256 e. The van der Waals surface area contributed by atoms with Crippen molar-refractivity contribution in [3.63, 3.8) is 0 Å². The maximum atomic E-state index is 10.8. The van der Waals surface area contributed by atoms with Crippen molar-refractivity contribution in [2.45, 2.75) is 0 Å². The molecule has 0 atom stereocenters. The molecule has 64 valence electrons. The van der Waals surface area contributed by atoms with Gasteiger partial charge >= 0.3 is 0 Å². The van der Waals surface area contributed by atoms with E-state index < -0.39 is 5.24 Å². The van der Waals surface area contributed by atoms with Gasteiger partial charge in [0.15, 0.2) is 5.75 Å². The molecule has 0 amide bonds. The van der Waals surface area contributed by atoms with Crippen LogP contribution in [0.15, 0.2) is 18.2 Å². The molecule has 1 rings (SSSR count). The minimum absolute atomic E-state index is 0.291. The highest BCUT2D eigenvalue weighted by Crippen LogP contribution is 2.26. The first-order valence-electron chi connectivity index (χ1n) is 3.29. The van der Waals surface area contributed by atoms with E-state index in [-0.39, 0.29) is 0 Å². The number of methoxy groups -OCH3 is 1. The normalized spacial score (nSPS) is 9.50. The van der Waals surface area contributed by atoms with Gasteiger partial charge in [-0.2, -0.15) is 0 Å². The fourth-order valence-electron chi connectivity index (χ4n) is 0.937. The quantitative estimate of drug-likeness (QED) is 0.563. The average Bonchev–Trinajstić information content (AvgIpc) is 2.03. The van der Waals surface area contributed by atoms with Gasteiger partial charge in [0.05, 0.1) is 18.4 Å². The van der Waals surface area contributed by atoms with E-state index in [9.17, 15) is 4.79 Å². The standard InChI is InChI=1S/C8H8ClNO2/c1-12-7-5(8(9)11)3-2-4-6(7)10/h2-4H,10H2,1H3. The predicted octanol–water partition coefficient (Wildman–Crippen LogP) is 1.66. The summed E-state index contributed by atoms with van der Waals surface area (Å²) in [6, 6.07) is 4.85. The number of ether oxygens (including phenoxy) is 1. The van der Waals surface area contributed by atoms with E-state index in [0.717, 1.165) is 0 Å². The third-order valence-corrected chi connectivity index (χ3v) is 1.66. The summed E-state index contributed by atoms with van der Waals surface area (Å²) in [4.78, 5) is 10.8. The van der Waals surface area contributed by atoms with E-state index >= 15 is 0 Å². The smallest absolute Gasteiger partial charge is 0.256 e. The lowest BCUT2D eigenvalue weighted by atomic mass is 10.2. The zero-order valence-electron chi connectivity index (χ0n) is 6.50. The second-order valence-corrected chi connectivity index (χ2v) is 2.55. The fourth-order valence-corrected chi connectivity index (χ4v) is 1.09. The van der Waals surface area contributed by atoms with Gasteiger partial charge in [0.25, 0.3) is 5.24 Å². The Kier molecular flexibility index (Phi) is 2.55. The monoisotopic (exact) mass is 185 g/mol. The van der Waals surface area contributed by atoms with Gasteiger partial charge in [-0.3, -0.25) is 4.79 Å². The highest BCUT2D eigenvalue weighted by Gasteiger charge is 2.11. The summed E-state index contributed by atoms with van der Waals surface area (Å²) >= 11 is 5.28. The summed E-state index contributed by atoms with van der Waals surface area (Å²) in [5.41, 5.74) is 6.23. The van der Waals surface area contributed by atoms with Crippen molar-refractivity contribution in [2.75, 3.05) is 12.8 Å². The third kappa shape index (κ3) is 1.51. The lowest BCUT2D eigenvalue weighted by Gasteiger charge is -2.06. The van der Waals surface area contributed by atoms with Gasteiger partial charge in [-0.1, -0.05) is 6.07 Å². The second-order valence-electron chi connectivity index (χ2n) is 2.20. The number of halogens is 1. The summed E-state index contributed by atoms with van der Waals surface area (Å²) in [6.45, 7) is 0. The van der Waals surface area contributed by atoms with Gasteiger partial charge in [0.2, 0.25) is 0 Å².